The van der Waals surface area contributed by atoms with Crippen molar-refractivity contribution in [2.24, 2.45) is 23.7 Å². The Kier molecular flexibility index (Phi) is 6.90. The number of fused-ring (bicyclic) bond motifs is 3. The van der Waals surface area contributed by atoms with E-state index in [4.69, 9.17) is 0 Å². The molecule has 0 saturated heterocycles. The van der Waals surface area contributed by atoms with Gasteiger partial charge < -0.3 is 4.90 Å². The lowest BCUT2D eigenvalue weighted by Crippen LogP contribution is -2.57. The van der Waals surface area contributed by atoms with Crippen LogP contribution in [0.2, 0.25) is 0 Å². The molecule has 4 bridgehead atoms. The molecule has 5 aromatic carbocycles. The van der Waals surface area contributed by atoms with E-state index >= 15 is 0 Å². The Labute approximate surface area is 303 Å². The van der Waals surface area contributed by atoms with Gasteiger partial charge in [0.1, 0.15) is 0 Å². The molecule has 1 aliphatic heterocycles. The lowest BCUT2D eigenvalue weighted by atomic mass is 9.42. The van der Waals surface area contributed by atoms with Gasteiger partial charge in [-0.05, 0) is 138 Å². The molecule has 1 heterocycles. The molecule has 5 aliphatic carbocycles. The van der Waals surface area contributed by atoms with Crippen LogP contribution in [0.4, 0.5) is 17.1 Å². The van der Waals surface area contributed by atoms with E-state index in [2.05, 4.69) is 148 Å². The minimum atomic E-state index is 0.0632. The predicted octanol–water partition coefficient (Wildman–Crippen LogP) is 13.4. The Balaban J connectivity index is 1.29. The summed E-state index contributed by atoms with van der Waals surface area (Å²) < 4.78 is 0. The van der Waals surface area contributed by atoms with Gasteiger partial charge >= 0.3 is 0 Å². The zero-order valence-corrected chi connectivity index (χ0v) is 30.9. The maximum atomic E-state index is 2.63. The highest BCUT2D eigenvalue weighted by Gasteiger charge is 2.61. The Bertz CT molecular complexity index is 2080. The van der Waals surface area contributed by atoms with E-state index in [1.165, 1.54) is 94.1 Å². The summed E-state index contributed by atoms with van der Waals surface area (Å²) in [5.74, 6) is 3.30. The van der Waals surface area contributed by atoms with Gasteiger partial charge in [0.15, 0.2) is 0 Å². The van der Waals surface area contributed by atoms with Gasteiger partial charge in [0.05, 0.1) is 11.4 Å². The fourth-order valence-electron chi connectivity index (χ4n) is 11.9. The molecule has 0 atom stereocenters. The average Bonchev–Trinajstić information content (AvgIpc) is 3.12. The van der Waals surface area contributed by atoms with Gasteiger partial charge in [-0.25, -0.2) is 0 Å². The molecule has 0 unspecified atom stereocenters. The number of nitrogens with zero attached hydrogens (tertiary/aromatic N) is 1. The normalized spacial score (nSPS) is 27.8. The molecule has 2 heteroatoms. The van der Waals surface area contributed by atoms with Crippen LogP contribution in [0, 0.1) is 23.7 Å². The monoisotopic (exact) mass is 671 g/mol. The third-order valence-electron chi connectivity index (χ3n) is 13.9. The van der Waals surface area contributed by atoms with E-state index in [1.807, 2.05) is 11.8 Å². The van der Waals surface area contributed by atoms with Crippen molar-refractivity contribution in [2.45, 2.75) is 98.7 Å². The number of hydrogen-bond acceptors (Lipinski definition) is 2. The highest BCUT2D eigenvalue weighted by Crippen LogP contribution is 2.70. The van der Waals surface area contributed by atoms with Crippen molar-refractivity contribution in [1.82, 2.24) is 0 Å². The third-order valence-corrected chi connectivity index (χ3v) is 15.1. The summed E-state index contributed by atoms with van der Waals surface area (Å²) in [7, 11) is 0. The van der Waals surface area contributed by atoms with E-state index < -0.39 is 0 Å². The van der Waals surface area contributed by atoms with Gasteiger partial charge in [-0.2, -0.15) is 0 Å². The van der Waals surface area contributed by atoms with Crippen molar-refractivity contribution in [2.75, 3.05) is 4.90 Å². The van der Waals surface area contributed by atoms with Crippen LogP contribution >= 0.6 is 11.8 Å². The quantitative estimate of drug-likeness (QED) is 0.187. The molecular weight excluding hydrogens is 623 g/mol. The van der Waals surface area contributed by atoms with Gasteiger partial charge in [-0.15, -0.1) is 0 Å². The van der Waals surface area contributed by atoms with Crippen molar-refractivity contribution >= 4 is 28.8 Å². The second-order valence-electron chi connectivity index (χ2n) is 17.6. The topological polar surface area (TPSA) is 3.24 Å². The average molecular weight is 672 g/mol. The standard InChI is InChI=1S/C48H49NS/c1-46(2)24-25-47(3,4)44-38(46)19-13-20-41(44)49(36-16-9-6-10-17-36)40-23-22-39-45(43(40)33-14-7-5-8-15-33)50-42-21-12-11-18-37(42)48(39)34-27-31-26-32(29-34)30-35(48)28-31/h5-23,31-32,34-35H,24-30H2,1-4H3. The second-order valence-corrected chi connectivity index (χ2v) is 18.7. The van der Waals surface area contributed by atoms with Gasteiger partial charge in [0.25, 0.3) is 0 Å². The molecule has 0 N–H and O–H groups in total. The summed E-state index contributed by atoms with van der Waals surface area (Å²) in [4.78, 5) is 5.60. The van der Waals surface area contributed by atoms with E-state index in [9.17, 15) is 0 Å². The Hall–Kier alpha value is -3.75. The number of rotatable bonds is 4. The highest BCUT2D eigenvalue weighted by atomic mass is 32.2. The van der Waals surface area contributed by atoms with Crippen LogP contribution in [-0.4, -0.2) is 0 Å². The molecule has 4 saturated carbocycles. The van der Waals surface area contributed by atoms with Crippen LogP contribution in [0.3, 0.4) is 0 Å². The highest BCUT2D eigenvalue weighted by molar-refractivity contribution is 7.99. The van der Waals surface area contributed by atoms with E-state index in [0.29, 0.717) is 0 Å². The van der Waals surface area contributed by atoms with E-state index in [0.717, 1.165) is 23.7 Å². The fourth-order valence-corrected chi connectivity index (χ4v) is 13.3. The SMILES string of the molecule is CC1(C)CCC(C)(C)c2c(N(c3ccccc3)c3ccc4c(c3-c3ccccc3)Sc3ccccc3C43C4CC5CC(C4)CC3C5)cccc21. The maximum Gasteiger partial charge on any atom is 0.0551 e. The van der Waals surface area contributed by atoms with Crippen LogP contribution in [0.1, 0.15) is 94.9 Å². The molecular formula is C48H49NS. The zero-order chi connectivity index (χ0) is 33.8. The molecule has 252 valence electrons. The number of para-hydroxylation sites is 1. The molecule has 4 fully saturated rings. The van der Waals surface area contributed by atoms with Crippen molar-refractivity contribution < 1.29 is 0 Å². The van der Waals surface area contributed by atoms with E-state index in [1.54, 1.807) is 11.1 Å². The molecule has 1 nitrogen and oxygen atoms in total. The Morgan fingerprint density at radius 2 is 1.16 bits per heavy atom. The van der Waals surface area contributed by atoms with E-state index in [-0.39, 0.29) is 16.2 Å². The van der Waals surface area contributed by atoms with Gasteiger partial charge in [-0.1, -0.05) is 124 Å². The summed E-state index contributed by atoms with van der Waals surface area (Å²) in [5, 5.41) is 0. The fraction of sp³-hybridized carbons (Fsp3) is 0.375. The summed E-state index contributed by atoms with van der Waals surface area (Å²) >= 11 is 2.05. The Morgan fingerprint density at radius 1 is 0.540 bits per heavy atom. The van der Waals surface area contributed by atoms with Crippen molar-refractivity contribution in [3.8, 4) is 11.1 Å². The number of anilines is 3. The third kappa shape index (κ3) is 4.39. The largest absolute Gasteiger partial charge is 0.310 e. The van der Waals surface area contributed by atoms with Crippen molar-refractivity contribution in [3.05, 3.63) is 138 Å². The van der Waals surface area contributed by atoms with Crippen molar-refractivity contribution in [3.63, 3.8) is 0 Å². The van der Waals surface area contributed by atoms with Gasteiger partial charge in [-0.3, -0.25) is 0 Å². The van der Waals surface area contributed by atoms with Crippen LogP contribution in [-0.2, 0) is 16.2 Å². The summed E-state index contributed by atoms with van der Waals surface area (Å²) in [6.07, 6.45) is 9.44. The summed E-state index contributed by atoms with van der Waals surface area (Å²) in [5.41, 5.74) is 13.1. The molecule has 5 aromatic rings. The summed E-state index contributed by atoms with van der Waals surface area (Å²) in [6.45, 7) is 9.85. The van der Waals surface area contributed by atoms with Crippen LogP contribution in [0.15, 0.2) is 125 Å². The summed E-state index contributed by atoms with van der Waals surface area (Å²) in [6, 6.07) is 44.4. The second kappa shape index (κ2) is 11.1. The first-order valence-corrected chi connectivity index (χ1v) is 20.1. The minimum absolute atomic E-state index is 0.0632. The van der Waals surface area contributed by atoms with Crippen LogP contribution in [0.5, 0.6) is 0 Å². The maximum absolute atomic E-state index is 2.63. The first kappa shape index (κ1) is 31.0. The molecule has 0 radical (unpaired) electrons. The van der Waals surface area contributed by atoms with Crippen molar-refractivity contribution in [1.29, 1.82) is 0 Å². The lowest BCUT2D eigenvalue weighted by Gasteiger charge is -2.63. The number of hydrogen-bond donors (Lipinski definition) is 0. The lowest BCUT2D eigenvalue weighted by molar-refractivity contribution is -0.0443. The smallest absolute Gasteiger partial charge is 0.0551 e. The molecule has 11 rings (SSSR count). The molecule has 50 heavy (non-hydrogen) atoms. The molecule has 6 aliphatic rings. The van der Waals surface area contributed by atoms with Gasteiger partial charge in [0, 0.05) is 26.5 Å². The minimum Gasteiger partial charge on any atom is -0.310 e. The van der Waals surface area contributed by atoms with Gasteiger partial charge in [0.2, 0.25) is 0 Å². The first-order chi connectivity index (χ1) is 24.3. The Morgan fingerprint density at radius 3 is 1.88 bits per heavy atom. The molecule has 0 amide bonds. The molecule has 0 aromatic heterocycles. The zero-order valence-electron chi connectivity index (χ0n) is 30.1. The predicted molar refractivity (Wildman–Crippen MR) is 210 cm³/mol. The molecule has 1 spiro atoms. The first-order valence-electron chi connectivity index (χ1n) is 19.2. The number of benzene rings is 5. The van der Waals surface area contributed by atoms with Crippen LogP contribution < -0.4 is 4.90 Å². The van der Waals surface area contributed by atoms with Crippen LogP contribution in [0.25, 0.3) is 11.1 Å².